The van der Waals surface area contributed by atoms with Crippen molar-refractivity contribution in [3.63, 3.8) is 0 Å². The number of anilines is 1. The number of rotatable bonds is 5. The van der Waals surface area contributed by atoms with E-state index in [1.54, 1.807) is 28.8 Å². The quantitative estimate of drug-likeness (QED) is 0.547. The van der Waals surface area contributed by atoms with Crippen molar-refractivity contribution >= 4 is 46.0 Å². The highest BCUT2D eigenvalue weighted by molar-refractivity contribution is 8.19. The maximum Gasteiger partial charge on any atom is 0.269 e. The van der Waals surface area contributed by atoms with E-state index in [4.69, 9.17) is 4.99 Å². The van der Waals surface area contributed by atoms with Gasteiger partial charge in [0.2, 0.25) is 0 Å². The Morgan fingerprint density at radius 2 is 1.88 bits per heavy atom. The summed E-state index contributed by atoms with van der Waals surface area (Å²) in [4.78, 5) is 24.2. The standard InChI is InChI=1S/C25H25N5OS2/c1-5-27-20-12-11-19(14-26)13-21(20)28-25-30(15-18-9-7-6-8-10-18)23(31)22(33-25)24-29(4)16(2)17(3)32-24/h6-13,27H,5,15H2,1-4H3/b24-22-,28-25-. The van der Waals surface area contributed by atoms with Gasteiger partial charge in [0.15, 0.2) is 5.17 Å². The SMILES string of the molecule is CCNc1ccc(C#N)cc1/N=C1\S/C(=C2\SC(C)=C(C)N2C)C(=O)N1Cc1ccccc1. The number of hydrogen-bond donors (Lipinski definition) is 1. The van der Waals surface area contributed by atoms with Crippen LogP contribution in [0.3, 0.4) is 0 Å². The van der Waals surface area contributed by atoms with Crippen molar-refractivity contribution < 1.29 is 4.79 Å². The summed E-state index contributed by atoms with van der Waals surface area (Å²) in [5.41, 5.74) is 4.18. The predicted molar refractivity (Wildman–Crippen MR) is 138 cm³/mol. The Morgan fingerprint density at radius 3 is 2.52 bits per heavy atom. The molecule has 2 aliphatic rings. The highest BCUT2D eigenvalue weighted by Gasteiger charge is 2.38. The van der Waals surface area contributed by atoms with Crippen LogP contribution in [0.25, 0.3) is 0 Å². The molecule has 1 N–H and O–H groups in total. The van der Waals surface area contributed by atoms with Crippen molar-refractivity contribution in [1.82, 2.24) is 9.80 Å². The first kappa shape index (κ1) is 23.0. The van der Waals surface area contributed by atoms with Crippen LogP contribution in [0.2, 0.25) is 0 Å². The van der Waals surface area contributed by atoms with Crippen molar-refractivity contribution in [3.05, 3.63) is 80.2 Å². The minimum atomic E-state index is -0.0547. The molecule has 2 aliphatic heterocycles. The third-order valence-corrected chi connectivity index (χ3v) is 7.99. The van der Waals surface area contributed by atoms with Gasteiger partial charge in [-0.15, -0.1) is 0 Å². The third kappa shape index (κ3) is 4.65. The number of thioether (sulfide) groups is 2. The fourth-order valence-corrected chi connectivity index (χ4v) is 5.82. The first-order chi connectivity index (χ1) is 15.9. The molecule has 0 aliphatic carbocycles. The molecule has 6 nitrogen and oxygen atoms in total. The zero-order valence-electron chi connectivity index (χ0n) is 19.0. The smallest absolute Gasteiger partial charge is 0.269 e. The van der Waals surface area contributed by atoms with Gasteiger partial charge >= 0.3 is 0 Å². The Morgan fingerprint density at radius 1 is 1.12 bits per heavy atom. The van der Waals surface area contributed by atoms with E-state index in [0.717, 1.165) is 28.5 Å². The van der Waals surface area contributed by atoms with Crippen molar-refractivity contribution in [2.24, 2.45) is 4.99 Å². The summed E-state index contributed by atoms with van der Waals surface area (Å²) in [6.07, 6.45) is 0. The average molecular weight is 476 g/mol. The minimum absolute atomic E-state index is 0.0547. The molecule has 1 fully saturated rings. The molecule has 2 aromatic rings. The van der Waals surface area contributed by atoms with Gasteiger partial charge in [0.25, 0.3) is 5.91 Å². The van der Waals surface area contributed by atoms with Crippen LogP contribution in [0.15, 0.2) is 74.1 Å². The molecule has 0 aromatic heterocycles. The van der Waals surface area contributed by atoms with Crippen LogP contribution in [0.1, 0.15) is 31.9 Å². The lowest BCUT2D eigenvalue weighted by atomic mass is 10.2. The molecular formula is C25H25N5OS2. The van der Waals surface area contributed by atoms with Crippen LogP contribution in [0.4, 0.5) is 11.4 Å². The molecule has 1 saturated heterocycles. The Hall–Kier alpha value is -3.15. The number of carbonyl (C=O) groups excluding carboxylic acids is 1. The molecule has 168 valence electrons. The minimum Gasteiger partial charge on any atom is -0.384 e. The number of benzene rings is 2. The van der Waals surface area contributed by atoms with Crippen LogP contribution in [-0.4, -0.2) is 34.5 Å². The lowest BCUT2D eigenvalue weighted by molar-refractivity contribution is -0.122. The Kier molecular flexibility index (Phi) is 6.82. The maximum atomic E-state index is 13.6. The molecule has 0 unspecified atom stereocenters. The van der Waals surface area contributed by atoms with E-state index < -0.39 is 0 Å². The van der Waals surface area contributed by atoms with Crippen molar-refractivity contribution in [3.8, 4) is 6.07 Å². The lowest BCUT2D eigenvalue weighted by Gasteiger charge is -2.17. The van der Waals surface area contributed by atoms with E-state index in [1.165, 1.54) is 16.7 Å². The summed E-state index contributed by atoms with van der Waals surface area (Å²) >= 11 is 3.02. The number of nitrogens with zero attached hydrogens (tertiary/aromatic N) is 4. The summed E-state index contributed by atoms with van der Waals surface area (Å²) in [5.74, 6) is -0.0547. The van der Waals surface area contributed by atoms with Gasteiger partial charge in [-0.05, 0) is 56.3 Å². The van der Waals surface area contributed by atoms with Crippen LogP contribution >= 0.6 is 23.5 Å². The van der Waals surface area contributed by atoms with Crippen molar-refractivity contribution in [2.75, 3.05) is 18.9 Å². The van der Waals surface area contributed by atoms with Gasteiger partial charge in [-0.25, -0.2) is 4.99 Å². The van der Waals surface area contributed by atoms with E-state index in [-0.39, 0.29) is 5.91 Å². The average Bonchev–Trinajstić information content (AvgIpc) is 3.26. The number of allylic oxidation sites excluding steroid dienone is 2. The summed E-state index contributed by atoms with van der Waals surface area (Å²) < 4.78 is 0. The molecular weight excluding hydrogens is 450 g/mol. The number of amidine groups is 1. The molecule has 0 spiro atoms. The van der Waals surface area contributed by atoms with Gasteiger partial charge < -0.3 is 10.2 Å². The molecule has 0 bridgehead atoms. The first-order valence-corrected chi connectivity index (χ1v) is 12.3. The zero-order chi connectivity index (χ0) is 23.5. The molecule has 0 radical (unpaired) electrons. The second-order valence-electron chi connectivity index (χ2n) is 7.68. The molecule has 0 saturated carbocycles. The summed E-state index contributed by atoms with van der Waals surface area (Å²) in [6, 6.07) is 17.5. The van der Waals surface area contributed by atoms with Gasteiger partial charge in [0, 0.05) is 24.2 Å². The number of aliphatic imine (C=N–C) groups is 1. The van der Waals surface area contributed by atoms with E-state index >= 15 is 0 Å². The zero-order valence-corrected chi connectivity index (χ0v) is 20.7. The van der Waals surface area contributed by atoms with Crippen molar-refractivity contribution in [2.45, 2.75) is 27.3 Å². The molecule has 1 amide bonds. The van der Waals surface area contributed by atoms with Crippen molar-refractivity contribution in [1.29, 1.82) is 5.26 Å². The van der Waals surface area contributed by atoms with E-state index in [9.17, 15) is 10.1 Å². The third-order valence-electron chi connectivity index (χ3n) is 5.52. The van der Waals surface area contributed by atoms with Gasteiger partial charge in [-0.3, -0.25) is 9.69 Å². The molecule has 0 atom stereocenters. The predicted octanol–water partition coefficient (Wildman–Crippen LogP) is 5.85. The van der Waals surface area contributed by atoms with E-state index in [1.807, 2.05) is 50.4 Å². The second kappa shape index (κ2) is 9.77. The lowest BCUT2D eigenvalue weighted by Crippen LogP contribution is -2.29. The normalized spacial score (nSPS) is 19.6. The summed E-state index contributed by atoms with van der Waals surface area (Å²) in [7, 11) is 1.99. The largest absolute Gasteiger partial charge is 0.384 e. The van der Waals surface area contributed by atoms with Gasteiger partial charge in [-0.1, -0.05) is 42.1 Å². The van der Waals surface area contributed by atoms with Gasteiger partial charge in [-0.2, -0.15) is 5.26 Å². The Labute approximate surface area is 203 Å². The number of hydrogen-bond acceptors (Lipinski definition) is 7. The van der Waals surface area contributed by atoms with Crippen LogP contribution in [0, 0.1) is 11.3 Å². The molecule has 4 rings (SSSR count). The fourth-order valence-electron chi connectivity index (χ4n) is 3.53. The monoisotopic (exact) mass is 475 g/mol. The molecule has 2 aromatic carbocycles. The van der Waals surface area contributed by atoms with Crippen LogP contribution < -0.4 is 5.32 Å². The number of carbonyl (C=O) groups is 1. The maximum absolute atomic E-state index is 13.6. The van der Waals surface area contributed by atoms with E-state index in [2.05, 4.69) is 30.1 Å². The molecule has 33 heavy (non-hydrogen) atoms. The van der Waals surface area contributed by atoms with Gasteiger partial charge in [0.1, 0.15) is 4.91 Å². The number of nitriles is 1. The number of nitrogens with one attached hydrogen (secondary N) is 1. The van der Waals surface area contributed by atoms with Crippen LogP contribution in [-0.2, 0) is 11.3 Å². The van der Waals surface area contributed by atoms with Crippen LogP contribution in [0.5, 0.6) is 0 Å². The summed E-state index contributed by atoms with van der Waals surface area (Å²) in [5, 5.41) is 14.2. The Bertz CT molecular complexity index is 1230. The highest BCUT2D eigenvalue weighted by atomic mass is 32.2. The molecule has 2 heterocycles. The van der Waals surface area contributed by atoms with Gasteiger partial charge in [0.05, 0.1) is 34.6 Å². The highest BCUT2D eigenvalue weighted by Crippen LogP contribution is 2.47. The molecule has 8 heteroatoms. The topological polar surface area (TPSA) is 71.7 Å². The summed E-state index contributed by atoms with van der Waals surface area (Å²) in [6.45, 7) is 7.30. The second-order valence-corrected chi connectivity index (χ2v) is 9.87. The van der Waals surface area contributed by atoms with E-state index in [0.29, 0.717) is 27.9 Å². The Balaban J connectivity index is 1.80. The fraction of sp³-hybridized carbons (Fsp3) is 0.240. The number of amides is 1. The first-order valence-electron chi connectivity index (χ1n) is 10.7.